The van der Waals surface area contributed by atoms with Crippen molar-refractivity contribution in [3.8, 4) is 0 Å². The lowest BCUT2D eigenvalue weighted by molar-refractivity contribution is -0.125. The summed E-state index contributed by atoms with van der Waals surface area (Å²) in [6.07, 6.45) is -2.00. The molecule has 2 unspecified atom stereocenters. The second-order valence-electron chi connectivity index (χ2n) is 10.2. The summed E-state index contributed by atoms with van der Waals surface area (Å²) in [6, 6.07) is 12.1. The van der Waals surface area contributed by atoms with E-state index >= 15 is 0 Å². The van der Waals surface area contributed by atoms with Gasteiger partial charge in [-0.1, -0.05) is 11.6 Å². The molecule has 0 bridgehead atoms. The van der Waals surface area contributed by atoms with Crippen molar-refractivity contribution in [1.82, 2.24) is 10.2 Å². The molecule has 14 heteroatoms. The third-order valence-electron chi connectivity index (χ3n) is 7.16. The number of rotatable bonds is 9. The summed E-state index contributed by atoms with van der Waals surface area (Å²) in [7, 11) is 0. The molecule has 3 saturated heterocycles. The lowest BCUT2D eigenvalue weighted by atomic mass is 10.1. The number of benzene rings is 2. The molecule has 0 spiro atoms. The Morgan fingerprint density at radius 1 is 1.10 bits per heavy atom. The van der Waals surface area contributed by atoms with Crippen LogP contribution >= 0.6 is 11.6 Å². The zero-order valence-corrected chi connectivity index (χ0v) is 23.4. The van der Waals surface area contributed by atoms with E-state index < -0.39 is 42.4 Å². The number of hydrogen-bond donors (Lipinski definition) is 4. The Hall–Kier alpha value is -3.91. The molecule has 0 radical (unpaired) electrons. The fourth-order valence-corrected chi connectivity index (χ4v) is 5.17. The number of nitrogens with zero attached hydrogens (tertiary/aromatic N) is 2. The molecule has 4 N–H and O–H groups in total. The summed E-state index contributed by atoms with van der Waals surface area (Å²) in [5.74, 6) is -0.546. The number of anilines is 3. The van der Waals surface area contributed by atoms with Crippen molar-refractivity contribution in [1.29, 1.82) is 0 Å². The molecule has 42 heavy (non-hydrogen) atoms. The molecule has 0 saturated carbocycles. The van der Waals surface area contributed by atoms with Crippen LogP contribution in [0.25, 0.3) is 0 Å². The second kappa shape index (κ2) is 13.4. The van der Waals surface area contributed by atoms with Crippen molar-refractivity contribution in [2.45, 2.75) is 37.2 Å². The molecular formula is C28H32ClN5O8. The van der Waals surface area contributed by atoms with Crippen LogP contribution < -0.4 is 20.9 Å². The molecule has 3 heterocycles. The number of carbonyl (C=O) groups is 4. The number of nitrogens with one attached hydrogen (secondary N) is 3. The number of cyclic esters (lactones) is 1. The first kappa shape index (κ1) is 29.6. The van der Waals surface area contributed by atoms with Gasteiger partial charge in [0.25, 0.3) is 5.91 Å². The zero-order chi connectivity index (χ0) is 29.6. The highest BCUT2D eigenvalue weighted by Gasteiger charge is 2.41. The third-order valence-corrected chi connectivity index (χ3v) is 7.41. The summed E-state index contributed by atoms with van der Waals surface area (Å²) < 4.78 is 16.1. The first-order valence-electron chi connectivity index (χ1n) is 13.6. The lowest BCUT2D eigenvalue weighted by Gasteiger charge is -2.27. The van der Waals surface area contributed by atoms with Gasteiger partial charge in [-0.05, 0) is 48.5 Å². The average Bonchev–Trinajstić information content (AvgIpc) is 3.60. The van der Waals surface area contributed by atoms with Gasteiger partial charge in [-0.15, -0.1) is 0 Å². The number of likely N-dealkylation sites (tertiary alicyclic amines) is 1. The molecule has 2 aromatic rings. The molecule has 3 fully saturated rings. The number of hydrogen-bond acceptors (Lipinski definition) is 8. The predicted octanol–water partition coefficient (Wildman–Crippen LogP) is 2.19. The largest absolute Gasteiger partial charge is 0.444 e. The van der Waals surface area contributed by atoms with E-state index in [9.17, 15) is 24.3 Å². The van der Waals surface area contributed by atoms with E-state index in [4.69, 9.17) is 25.8 Å². The quantitative estimate of drug-likeness (QED) is 0.340. The Bertz CT molecular complexity index is 1290. The fraction of sp³-hybridized carbons (Fsp3) is 0.429. The highest BCUT2D eigenvalue weighted by Crippen LogP contribution is 2.26. The van der Waals surface area contributed by atoms with E-state index in [0.29, 0.717) is 41.8 Å². The van der Waals surface area contributed by atoms with E-state index in [2.05, 4.69) is 16.0 Å². The van der Waals surface area contributed by atoms with Crippen molar-refractivity contribution < 1.29 is 38.5 Å². The number of halogens is 1. The molecule has 3 aliphatic rings. The van der Waals surface area contributed by atoms with Crippen LogP contribution in [0.5, 0.6) is 0 Å². The molecular weight excluding hydrogens is 570 g/mol. The van der Waals surface area contributed by atoms with E-state index in [1.165, 1.54) is 4.90 Å². The van der Waals surface area contributed by atoms with Gasteiger partial charge in [-0.2, -0.15) is 0 Å². The minimum atomic E-state index is -0.899. The third kappa shape index (κ3) is 7.48. The number of urea groups is 1. The van der Waals surface area contributed by atoms with E-state index in [1.54, 1.807) is 53.4 Å². The van der Waals surface area contributed by atoms with Crippen molar-refractivity contribution in [2.75, 3.05) is 55.0 Å². The lowest BCUT2D eigenvalue weighted by Crippen LogP contribution is -2.45. The highest BCUT2D eigenvalue weighted by atomic mass is 35.5. The summed E-state index contributed by atoms with van der Waals surface area (Å²) in [5, 5.41) is 19.1. The smallest absolute Gasteiger partial charge is 0.407 e. The van der Waals surface area contributed by atoms with Crippen molar-refractivity contribution >= 4 is 52.6 Å². The van der Waals surface area contributed by atoms with Crippen LogP contribution in [-0.4, -0.2) is 97.8 Å². The second-order valence-corrected chi connectivity index (χ2v) is 10.7. The summed E-state index contributed by atoms with van der Waals surface area (Å²) in [6.45, 7) is 1.29. The van der Waals surface area contributed by atoms with Crippen molar-refractivity contribution in [3.05, 3.63) is 53.6 Å². The van der Waals surface area contributed by atoms with Gasteiger partial charge >= 0.3 is 12.1 Å². The van der Waals surface area contributed by atoms with Gasteiger partial charge in [0.15, 0.2) is 0 Å². The van der Waals surface area contributed by atoms with Gasteiger partial charge < -0.3 is 45.1 Å². The number of carbonyl (C=O) groups excluding carboxylic acids is 4. The number of alkyl carbamates (subject to hydrolysis) is 1. The zero-order valence-electron chi connectivity index (χ0n) is 22.7. The maximum Gasteiger partial charge on any atom is 0.407 e. The first-order chi connectivity index (χ1) is 20.2. The van der Waals surface area contributed by atoms with E-state index in [1.807, 2.05) is 0 Å². The summed E-state index contributed by atoms with van der Waals surface area (Å²) in [5.41, 5.74) is 1.71. The summed E-state index contributed by atoms with van der Waals surface area (Å²) >= 11 is 5.95. The molecule has 4 atom stereocenters. The Morgan fingerprint density at radius 2 is 1.81 bits per heavy atom. The van der Waals surface area contributed by atoms with E-state index in [0.717, 1.165) is 0 Å². The van der Waals surface area contributed by atoms with Gasteiger partial charge in [0.1, 0.15) is 18.8 Å². The Labute approximate surface area is 247 Å². The van der Waals surface area contributed by atoms with E-state index in [-0.39, 0.29) is 38.5 Å². The summed E-state index contributed by atoms with van der Waals surface area (Å²) in [4.78, 5) is 53.1. The maximum atomic E-state index is 13.4. The molecule has 5 rings (SSSR count). The Morgan fingerprint density at radius 3 is 2.50 bits per heavy atom. The Kier molecular flexibility index (Phi) is 9.42. The first-order valence-corrected chi connectivity index (χ1v) is 14.0. The minimum absolute atomic E-state index is 0.0274. The number of ether oxygens (including phenoxy) is 3. The number of aliphatic hydroxyl groups is 1. The van der Waals surface area contributed by atoms with Crippen LogP contribution in [0.3, 0.4) is 0 Å². The van der Waals surface area contributed by atoms with Crippen LogP contribution in [0.1, 0.15) is 12.8 Å². The van der Waals surface area contributed by atoms with Crippen LogP contribution in [0.2, 0.25) is 5.02 Å². The van der Waals surface area contributed by atoms with Gasteiger partial charge in [-0.25, -0.2) is 9.59 Å². The van der Waals surface area contributed by atoms with Crippen LogP contribution in [0, 0.1) is 0 Å². The SMILES string of the molecule is O=C1NCC(CC(O)CO[C@@H]2C[C@H](C(=O)Nc3ccc(N4CCOCC4=O)cc3)N(C(=O)Nc3ccc(Cl)cc3)C2)O1. The number of amides is 5. The van der Waals surface area contributed by atoms with Crippen LogP contribution in [0.4, 0.5) is 26.7 Å². The minimum Gasteiger partial charge on any atom is -0.444 e. The van der Waals surface area contributed by atoms with Crippen LogP contribution in [0.15, 0.2) is 48.5 Å². The number of morpholine rings is 1. The van der Waals surface area contributed by atoms with Gasteiger partial charge in [-0.3, -0.25) is 9.59 Å². The van der Waals surface area contributed by atoms with Crippen molar-refractivity contribution in [2.24, 2.45) is 0 Å². The molecule has 0 aromatic heterocycles. The molecule has 13 nitrogen and oxygen atoms in total. The predicted molar refractivity (Wildman–Crippen MR) is 152 cm³/mol. The highest BCUT2D eigenvalue weighted by molar-refractivity contribution is 6.30. The average molecular weight is 602 g/mol. The van der Waals surface area contributed by atoms with Gasteiger partial charge in [0.2, 0.25) is 5.91 Å². The molecule has 5 amide bonds. The normalized spacial score (nSPS) is 22.9. The number of aliphatic hydroxyl groups excluding tert-OH is 1. The molecule has 2 aromatic carbocycles. The standard InChI is InChI=1S/C28H32ClN5O8/c29-17-1-3-19(4-2-17)32-27(38)34-14-23(41-15-21(35)11-22-13-30-28(39)42-22)12-24(34)26(37)31-18-5-7-20(8-6-18)33-9-10-40-16-25(33)36/h1-8,21-24,35H,9-16H2,(H,30,39)(H,31,37)(H,32,38)/t21?,22?,23-,24-/m1/s1. The van der Waals surface area contributed by atoms with Crippen LogP contribution in [-0.2, 0) is 23.8 Å². The van der Waals surface area contributed by atoms with Gasteiger partial charge in [0, 0.05) is 48.0 Å². The van der Waals surface area contributed by atoms with Crippen molar-refractivity contribution in [3.63, 3.8) is 0 Å². The fourth-order valence-electron chi connectivity index (χ4n) is 5.04. The van der Waals surface area contributed by atoms with Gasteiger partial charge in [0.05, 0.1) is 32.0 Å². The molecule has 0 aliphatic carbocycles. The molecule has 3 aliphatic heterocycles. The topological polar surface area (TPSA) is 159 Å². The monoisotopic (exact) mass is 601 g/mol. The Balaban J connectivity index is 1.22. The maximum absolute atomic E-state index is 13.4. The molecule has 224 valence electrons.